The van der Waals surface area contributed by atoms with Crippen LogP contribution in [0.3, 0.4) is 0 Å². The van der Waals surface area contributed by atoms with Crippen LogP contribution >= 0.6 is 11.3 Å². The molecule has 0 amide bonds. The van der Waals surface area contributed by atoms with Gasteiger partial charge in [0, 0.05) is 29.7 Å². The van der Waals surface area contributed by atoms with Crippen LogP contribution in [-0.4, -0.2) is 15.3 Å². The number of nitrogens with one attached hydrogen (secondary N) is 2. The zero-order valence-electron chi connectivity index (χ0n) is 13.7. The maximum atomic E-state index is 13.1. The molecule has 0 radical (unpaired) electrons. The van der Waals surface area contributed by atoms with Crippen LogP contribution in [0.4, 0.5) is 5.82 Å². The number of allylic oxidation sites excluding steroid dienone is 1. The van der Waals surface area contributed by atoms with Gasteiger partial charge in [-0.05, 0) is 22.4 Å². The second kappa shape index (κ2) is 5.15. The normalized spacial score (nSPS) is 17.6. The summed E-state index contributed by atoms with van der Waals surface area (Å²) in [7, 11) is 1.60. The molecule has 0 bridgehead atoms. The van der Waals surface area contributed by atoms with Gasteiger partial charge in [0.2, 0.25) is 0 Å². The van der Waals surface area contributed by atoms with Crippen LogP contribution in [-0.2, 0) is 7.05 Å². The Kier molecular flexibility index (Phi) is 2.99. The van der Waals surface area contributed by atoms with E-state index < -0.39 is 17.2 Å². The Labute approximate surface area is 151 Å². The largest absolute Gasteiger partial charge is 0.340 e. The molecule has 1 aliphatic heterocycles. The molecule has 2 aromatic heterocycles. The third-order valence-electron chi connectivity index (χ3n) is 5.01. The van der Waals surface area contributed by atoms with Gasteiger partial charge in [-0.3, -0.25) is 19.1 Å². The van der Waals surface area contributed by atoms with Gasteiger partial charge in [-0.25, -0.2) is 4.79 Å². The van der Waals surface area contributed by atoms with Crippen molar-refractivity contribution in [2.45, 2.75) is 5.92 Å². The average molecular weight is 363 g/mol. The zero-order chi connectivity index (χ0) is 18.0. The van der Waals surface area contributed by atoms with Crippen molar-refractivity contribution in [3.8, 4) is 0 Å². The summed E-state index contributed by atoms with van der Waals surface area (Å²) < 4.78 is 1.38. The fraction of sp³-hybridized carbons (Fsp3) is 0.105. The van der Waals surface area contributed by atoms with E-state index in [1.54, 1.807) is 13.1 Å². The van der Waals surface area contributed by atoms with Crippen molar-refractivity contribution >= 4 is 28.6 Å². The third kappa shape index (κ3) is 1.83. The second-order valence-electron chi connectivity index (χ2n) is 6.36. The highest BCUT2D eigenvalue weighted by atomic mass is 32.1. The Bertz CT molecular complexity index is 1230. The van der Waals surface area contributed by atoms with E-state index in [4.69, 9.17) is 0 Å². The number of thiophene rings is 1. The van der Waals surface area contributed by atoms with Crippen molar-refractivity contribution in [1.82, 2.24) is 9.55 Å². The number of rotatable bonds is 1. The SMILES string of the molecule is Cn1c2c(c(=O)[nH]c1=O)[C@H](c1ccsc1)C1=C(N2)c2ccccc2C1=O. The molecule has 2 aliphatic rings. The van der Waals surface area contributed by atoms with E-state index >= 15 is 0 Å². The van der Waals surface area contributed by atoms with Gasteiger partial charge in [0.05, 0.1) is 11.3 Å². The summed E-state index contributed by atoms with van der Waals surface area (Å²) in [6.45, 7) is 0. The number of carbonyl (C=O) groups is 1. The Morgan fingerprint density at radius 1 is 1.08 bits per heavy atom. The van der Waals surface area contributed by atoms with Crippen molar-refractivity contribution in [2.24, 2.45) is 7.05 Å². The van der Waals surface area contributed by atoms with Gasteiger partial charge >= 0.3 is 5.69 Å². The highest BCUT2D eigenvalue weighted by molar-refractivity contribution is 7.08. The van der Waals surface area contributed by atoms with Crippen LogP contribution in [0.15, 0.2) is 56.3 Å². The molecule has 1 aromatic carbocycles. The van der Waals surface area contributed by atoms with Crippen molar-refractivity contribution in [2.75, 3.05) is 5.32 Å². The highest BCUT2D eigenvalue weighted by Gasteiger charge is 2.42. The first-order valence-electron chi connectivity index (χ1n) is 8.08. The van der Waals surface area contributed by atoms with E-state index in [1.165, 1.54) is 15.9 Å². The van der Waals surface area contributed by atoms with Gasteiger partial charge in [0.1, 0.15) is 5.82 Å². The van der Waals surface area contributed by atoms with E-state index in [0.717, 1.165) is 11.1 Å². The van der Waals surface area contributed by atoms with Gasteiger partial charge in [-0.2, -0.15) is 11.3 Å². The minimum atomic E-state index is -0.511. The van der Waals surface area contributed by atoms with Crippen molar-refractivity contribution < 1.29 is 4.79 Å². The van der Waals surface area contributed by atoms with E-state index in [-0.39, 0.29) is 5.78 Å². The van der Waals surface area contributed by atoms with Crippen LogP contribution in [0.5, 0.6) is 0 Å². The number of aromatic nitrogens is 2. The molecule has 26 heavy (non-hydrogen) atoms. The molecule has 128 valence electrons. The van der Waals surface area contributed by atoms with Gasteiger partial charge in [0.15, 0.2) is 5.78 Å². The van der Waals surface area contributed by atoms with E-state index in [0.29, 0.717) is 28.2 Å². The number of nitrogens with zero attached hydrogens (tertiary/aromatic N) is 1. The number of carbonyl (C=O) groups excluding carboxylic acids is 1. The highest BCUT2D eigenvalue weighted by Crippen LogP contribution is 2.47. The summed E-state index contributed by atoms with van der Waals surface area (Å²) in [5.41, 5.74) is 2.94. The van der Waals surface area contributed by atoms with Gasteiger partial charge in [-0.1, -0.05) is 24.3 Å². The first-order valence-corrected chi connectivity index (χ1v) is 9.03. The molecular formula is C19H13N3O3S. The fourth-order valence-electron chi connectivity index (χ4n) is 3.81. The summed E-state index contributed by atoms with van der Waals surface area (Å²) in [6, 6.07) is 9.27. The number of benzene rings is 1. The zero-order valence-corrected chi connectivity index (χ0v) is 14.5. The van der Waals surface area contributed by atoms with E-state index in [9.17, 15) is 14.4 Å². The number of anilines is 1. The number of hydrogen-bond acceptors (Lipinski definition) is 5. The molecule has 6 nitrogen and oxygen atoms in total. The molecule has 1 atom stereocenters. The smallest absolute Gasteiger partial charge is 0.329 e. The maximum Gasteiger partial charge on any atom is 0.329 e. The molecule has 1 aliphatic carbocycles. The van der Waals surface area contributed by atoms with Gasteiger partial charge in [-0.15, -0.1) is 0 Å². The first-order chi connectivity index (χ1) is 12.6. The molecular weight excluding hydrogens is 350 g/mol. The predicted octanol–water partition coefficient (Wildman–Crippen LogP) is 2.30. The first kappa shape index (κ1) is 15.1. The lowest BCUT2D eigenvalue weighted by Gasteiger charge is -2.28. The third-order valence-corrected chi connectivity index (χ3v) is 5.71. The maximum absolute atomic E-state index is 13.1. The summed E-state index contributed by atoms with van der Waals surface area (Å²) in [6.07, 6.45) is 0. The number of hydrogen-bond donors (Lipinski definition) is 2. The minimum absolute atomic E-state index is 0.0850. The molecule has 5 rings (SSSR count). The molecule has 3 aromatic rings. The fourth-order valence-corrected chi connectivity index (χ4v) is 4.49. The second-order valence-corrected chi connectivity index (χ2v) is 7.14. The summed E-state index contributed by atoms with van der Waals surface area (Å²) in [5.74, 6) is -0.167. The van der Waals surface area contributed by atoms with Crippen LogP contribution < -0.4 is 16.6 Å². The van der Waals surface area contributed by atoms with Crippen molar-refractivity contribution in [1.29, 1.82) is 0 Å². The molecule has 0 unspecified atom stereocenters. The molecule has 0 saturated carbocycles. The number of fused-ring (bicyclic) bond motifs is 3. The van der Waals surface area contributed by atoms with Crippen LogP contribution in [0, 0.1) is 0 Å². The van der Waals surface area contributed by atoms with Crippen LogP contribution in [0.1, 0.15) is 33.0 Å². The van der Waals surface area contributed by atoms with E-state index in [2.05, 4.69) is 10.3 Å². The summed E-state index contributed by atoms with van der Waals surface area (Å²) in [5, 5.41) is 7.04. The minimum Gasteiger partial charge on any atom is -0.340 e. The van der Waals surface area contributed by atoms with Crippen molar-refractivity contribution in [3.05, 3.63) is 89.8 Å². The Morgan fingerprint density at radius 3 is 2.58 bits per heavy atom. The number of ketones is 1. The Hall–Kier alpha value is -3.19. The number of Topliss-reactive ketones (excluding diaryl/α,β-unsaturated/α-hetero) is 1. The Morgan fingerprint density at radius 2 is 1.85 bits per heavy atom. The number of aromatic amines is 1. The topological polar surface area (TPSA) is 84.0 Å². The average Bonchev–Trinajstić information content (AvgIpc) is 3.26. The monoisotopic (exact) mass is 363 g/mol. The van der Waals surface area contributed by atoms with Crippen LogP contribution in [0.25, 0.3) is 5.70 Å². The lowest BCUT2D eigenvalue weighted by molar-refractivity contribution is 0.103. The summed E-state index contributed by atoms with van der Waals surface area (Å²) in [4.78, 5) is 40.3. The molecule has 2 N–H and O–H groups in total. The van der Waals surface area contributed by atoms with Crippen LogP contribution in [0.2, 0.25) is 0 Å². The summed E-state index contributed by atoms with van der Waals surface area (Å²) >= 11 is 1.51. The molecule has 0 spiro atoms. The quantitative estimate of drug-likeness (QED) is 0.695. The lowest BCUT2D eigenvalue weighted by Crippen LogP contribution is -2.37. The molecule has 7 heteroatoms. The molecule has 0 saturated heterocycles. The van der Waals surface area contributed by atoms with Gasteiger partial charge < -0.3 is 5.32 Å². The molecule has 3 heterocycles. The number of H-pyrrole nitrogens is 1. The predicted molar refractivity (Wildman–Crippen MR) is 99.8 cm³/mol. The standard InChI is InChI=1S/C19H13N3O3S/c1-22-17-14(18(24)21-19(22)25)12(9-6-7-26-8-9)13-15(20-17)10-4-2-3-5-11(10)16(13)23/h2-8,12,20H,1H3,(H,21,24,25)/t12-/m1/s1. The van der Waals surface area contributed by atoms with Gasteiger partial charge in [0.25, 0.3) is 5.56 Å². The Balaban J connectivity index is 1.89. The van der Waals surface area contributed by atoms with E-state index in [1.807, 2.05) is 35.0 Å². The lowest BCUT2D eigenvalue weighted by atomic mass is 9.83. The molecule has 0 fully saturated rings. The van der Waals surface area contributed by atoms with Crippen molar-refractivity contribution in [3.63, 3.8) is 0 Å².